The Morgan fingerprint density at radius 1 is 1.17 bits per heavy atom. The van der Waals surface area contributed by atoms with Crippen LogP contribution in [0.5, 0.6) is 0 Å². The third kappa shape index (κ3) is 6.01. The first-order valence-corrected chi connectivity index (χ1v) is 11.8. The zero-order chi connectivity index (χ0) is 22.5. The molecule has 3 N–H and O–H groups in total. The molecule has 1 aliphatic rings. The molecule has 3 amide bonds. The number of piperazine rings is 1. The van der Waals surface area contributed by atoms with Crippen molar-refractivity contribution in [3.8, 4) is 0 Å². The molecule has 0 aromatic heterocycles. The SMILES string of the molecule is CSCC[C@H](NC(N)=O)C(=O)N1CCN(S(=O)(=O)c2ccc(C(F)(F)F)cc2)CC1. The van der Waals surface area contributed by atoms with E-state index < -0.39 is 33.8 Å². The highest BCUT2D eigenvalue weighted by Crippen LogP contribution is 2.30. The predicted molar refractivity (Wildman–Crippen MR) is 106 cm³/mol. The zero-order valence-corrected chi connectivity index (χ0v) is 17.8. The molecule has 1 fully saturated rings. The molecule has 30 heavy (non-hydrogen) atoms. The molecule has 1 aromatic carbocycles. The highest BCUT2D eigenvalue weighted by Gasteiger charge is 2.34. The van der Waals surface area contributed by atoms with Crippen molar-refractivity contribution in [1.82, 2.24) is 14.5 Å². The van der Waals surface area contributed by atoms with Crippen LogP contribution in [0.1, 0.15) is 12.0 Å². The quantitative estimate of drug-likeness (QED) is 0.627. The smallest absolute Gasteiger partial charge is 0.352 e. The van der Waals surface area contributed by atoms with Gasteiger partial charge in [-0.05, 0) is 42.7 Å². The second-order valence-electron chi connectivity index (χ2n) is 6.59. The number of benzene rings is 1. The van der Waals surface area contributed by atoms with Crippen LogP contribution in [0.4, 0.5) is 18.0 Å². The minimum atomic E-state index is -4.56. The minimum absolute atomic E-state index is 0.0130. The Morgan fingerprint density at radius 2 is 1.73 bits per heavy atom. The summed E-state index contributed by atoms with van der Waals surface area (Å²) in [6, 6.07) is 1.67. The van der Waals surface area contributed by atoms with Crippen molar-refractivity contribution < 1.29 is 31.2 Å². The molecule has 1 heterocycles. The lowest BCUT2D eigenvalue weighted by atomic mass is 10.2. The van der Waals surface area contributed by atoms with Gasteiger partial charge in [-0.2, -0.15) is 29.2 Å². The minimum Gasteiger partial charge on any atom is -0.352 e. The highest BCUT2D eigenvalue weighted by atomic mass is 32.2. The summed E-state index contributed by atoms with van der Waals surface area (Å²) in [5.41, 5.74) is 4.19. The van der Waals surface area contributed by atoms with Crippen molar-refractivity contribution >= 4 is 33.7 Å². The summed E-state index contributed by atoms with van der Waals surface area (Å²) in [6.45, 7) is 0.158. The van der Waals surface area contributed by atoms with Crippen LogP contribution < -0.4 is 11.1 Å². The van der Waals surface area contributed by atoms with Crippen LogP contribution in [0.25, 0.3) is 0 Å². The first-order chi connectivity index (χ1) is 14.0. The van der Waals surface area contributed by atoms with E-state index in [0.717, 1.165) is 28.6 Å². The molecule has 0 radical (unpaired) electrons. The molecule has 2 rings (SSSR count). The van der Waals surface area contributed by atoms with E-state index in [1.807, 2.05) is 6.26 Å². The monoisotopic (exact) mass is 468 g/mol. The fraction of sp³-hybridized carbons (Fsp3) is 0.529. The first kappa shape index (κ1) is 24.3. The molecule has 168 valence electrons. The number of nitrogens with one attached hydrogen (secondary N) is 1. The summed E-state index contributed by atoms with van der Waals surface area (Å²) < 4.78 is 64.6. The molecule has 0 spiro atoms. The molecule has 0 aliphatic carbocycles. The third-order valence-corrected chi connectivity index (χ3v) is 7.15. The molecule has 13 heteroatoms. The lowest BCUT2D eigenvalue weighted by Gasteiger charge is -2.35. The summed E-state index contributed by atoms with van der Waals surface area (Å²) >= 11 is 1.50. The lowest BCUT2D eigenvalue weighted by Crippen LogP contribution is -2.56. The summed E-state index contributed by atoms with van der Waals surface area (Å²) in [6.07, 6.45) is -2.32. The molecule has 1 aromatic rings. The van der Waals surface area contributed by atoms with E-state index in [0.29, 0.717) is 12.2 Å². The Bertz CT molecular complexity index is 855. The van der Waals surface area contributed by atoms with Gasteiger partial charge in [0.05, 0.1) is 10.5 Å². The van der Waals surface area contributed by atoms with Gasteiger partial charge < -0.3 is 16.0 Å². The average molecular weight is 469 g/mol. The Balaban J connectivity index is 2.04. The van der Waals surface area contributed by atoms with E-state index in [2.05, 4.69) is 5.32 Å². The summed E-state index contributed by atoms with van der Waals surface area (Å²) in [5.74, 6) is 0.272. The van der Waals surface area contributed by atoms with Crippen molar-refractivity contribution in [1.29, 1.82) is 0 Å². The number of hydrogen-bond donors (Lipinski definition) is 2. The molecule has 0 unspecified atom stereocenters. The maximum Gasteiger partial charge on any atom is 0.416 e. The number of halogens is 3. The van der Waals surface area contributed by atoms with Crippen molar-refractivity contribution in [3.05, 3.63) is 29.8 Å². The molecule has 8 nitrogen and oxygen atoms in total. The van der Waals surface area contributed by atoms with E-state index in [-0.39, 0.29) is 37.0 Å². The lowest BCUT2D eigenvalue weighted by molar-refractivity contribution is -0.137. The second kappa shape index (κ2) is 9.88. The van der Waals surface area contributed by atoms with Gasteiger partial charge in [0.15, 0.2) is 0 Å². The number of carbonyl (C=O) groups excluding carboxylic acids is 2. The van der Waals surface area contributed by atoms with E-state index in [4.69, 9.17) is 5.73 Å². The molecule has 1 atom stereocenters. The van der Waals surface area contributed by atoms with Gasteiger partial charge in [-0.1, -0.05) is 0 Å². The van der Waals surface area contributed by atoms with Crippen LogP contribution in [0.15, 0.2) is 29.2 Å². The molecule has 0 bridgehead atoms. The van der Waals surface area contributed by atoms with Crippen LogP contribution in [0.2, 0.25) is 0 Å². The van der Waals surface area contributed by atoms with E-state index in [1.54, 1.807) is 0 Å². The van der Waals surface area contributed by atoms with Gasteiger partial charge in [-0.15, -0.1) is 0 Å². The van der Waals surface area contributed by atoms with Gasteiger partial charge in [0.1, 0.15) is 6.04 Å². The van der Waals surface area contributed by atoms with Gasteiger partial charge in [0.25, 0.3) is 0 Å². The summed E-state index contributed by atoms with van der Waals surface area (Å²) in [4.78, 5) is 25.0. The Morgan fingerprint density at radius 3 is 2.20 bits per heavy atom. The van der Waals surface area contributed by atoms with Crippen LogP contribution in [-0.4, -0.2) is 73.8 Å². The van der Waals surface area contributed by atoms with E-state index in [1.165, 1.54) is 16.7 Å². The summed E-state index contributed by atoms with van der Waals surface area (Å²) in [7, 11) is -3.99. The van der Waals surface area contributed by atoms with Crippen LogP contribution in [0.3, 0.4) is 0 Å². The number of alkyl halides is 3. The highest BCUT2D eigenvalue weighted by molar-refractivity contribution is 7.98. The number of urea groups is 1. The first-order valence-electron chi connectivity index (χ1n) is 8.98. The standard InChI is InChI=1S/C17H23F3N4O4S2/c1-29-11-6-14(22-16(21)26)15(25)23-7-9-24(10-8-23)30(27,28)13-4-2-12(3-5-13)17(18,19)20/h2-5,14H,6-11H2,1H3,(H3,21,22,26)/t14-/m0/s1. The third-order valence-electron chi connectivity index (χ3n) is 4.59. The number of carbonyl (C=O) groups is 2. The number of amides is 3. The molecular weight excluding hydrogens is 445 g/mol. The average Bonchev–Trinajstić information content (AvgIpc) is 2.70. The predicted octanol–water partition coefficient (Wildman–Crippen LogP) is 1.33. The molecule has 0 saturated carbocycles. The Kier molecular flexibility index (Phi) is 7.99. The number of rotatable bonds is 7. The van der Waals surface area contributed by atoms with Gasteiger partial charge in [0.2, 0.25) is 15.9 Å². The normalized spacial score (nSPS) is 16.9. The van der Waals surface area contributed by atoms with Crippen LogP contribution >= 0.6 is 11.8 Å². The fourth-order valence-electron chi connectivity index (χ4n) is 3.00. The molecule has 1 saturated heterocycles. The topological polar surface area (TPSA) is 113 Å². The van der Waals surface area contributed by atoms with E-state index in [9.17, 15) is 31.2 Å². The summed E-state index contributed by atoms with van der Waals surface area (Å²) in [5, 5.41) is 2.41. The molecular formula is C17H23F3N4O4S2. The maximum absolute atomic E-state index is 12.7. The number of thioether (sulfide) groups is 1. The Labute approximate surface area is 177 Å². The number of primary amides is 1. The zero-order valence-electron chi connectivity index (χ0n) is 16.2. The van der Waals surface area contributed by atoms with Gasteiger partial charge >= 0.3 is 12.2 Å². The second-order valence-corrected chi connectivity index (χ2v) is 9.52. The van der Waals surface area contributed by atoms with Crippen molar-refractivity contribution in [2.75, 3.05) is 38.2 Å². The number of sulfonamides is 1. The fourth-order valence-corrected chi connectivity index (χ4v) is 4.89. The van der Waals surface area contributed by atoms with E-state index >= 15 is 0 Å². The van der Waals surface area contributed by atoms with Crippen LogP contribution in [0, 0.1) is 0 Å². The number of nitrogens with zero attached hydrogens (tertiary/aromatic N) is 2. The van der Waals surface area contributed by atoms with Crippen molar-refractivity contribution in [2.24, 2.45) is 5.73 Å². The van der Waals surface area contributed by atoms with Gasteiger partial charge in [-0.3, -0.25) is 4.79 Å². The Hall–Kier alpha value is -1.99. The van der Waals surface area contributed by atoms with Gasteiger partial charge in [-0.25, -0.2) is 13.2 Å². The van der Waals surface area contributed by atoms with Gasteiger partial charge in [0, 0.05) is 26.2 Å². The largest absolute Gasteiger partial charge is 0.416 e. The molecule has 1 aliphatic heterocycles. The van der Waals surface area contributed by atoms with Crippen molar-refractivity contribution in [3.63, 3.8) is 0 Å². The van der Waals surface area contributed by atoms with Crippen LogP contribution in [-0.2, 0) is 21.0 Å². The maximum atomic E-state index is 12.7. The number of hydrogen-bond acceptors (Lipinski definition) is 5. The van der Waals surface area contributed by atoms with Crippen molar-refractivity contribution in [2.45, 2.75) is 23.5 Å². The number of nitrogens with two attached hydrogens (primary N) is 1.